The van der Waals surface area contributed by atoms with Crippen molar-refractivity contribution in [1.82, 2.24) is 0 Å². The Bertz CT molecular complexity index is 979. The minimum atomic E-state index is 0.311. The molecule has 0 saturated heterocycles. The van der Waals surface area contributed by atoms with Gasteiger partial charge in [-0.15, -0.1) is 0 Å². The van der Waals surface area contributed by atoms with Gasteiger partial charge in [-0.1, -0.05) is 57.3 Å². The van der Waals surface area contributed by atoms with Crippen LogP contribution in [0.1, 0.15) is 16.7 Å². The molecule has 0 spiro atoms. The van der Waals surface area contributed by atoms with Gasteiger partial charge >= 0.3 is 0 Å². The standard InChI is InChI=1S/C22H20BrCl2NO2/c1-14-9-17(23)7-8-20(14)26-12-15-10-19(25)22(21(11-15)27-2)28-13-16-5-3-4-6-18(16)24/h3-11,26H,12-13H2,1-2H3. The Morgan fingerprint density at radius 3 is 2.50 bits per heavy atom. The van der Waals surface area contributed by atoms with Crippen LogP contribution >= 0.6 is 39.1 Å². The van der Waals surface area contributed by atoms with Crippen LogP contribution in [0.3, 0.4) is 0 Å². The molecule has 146 valence electrons. The number of hydrogen-bond acceptors (Lipinski definition) is 3. The quantitative estimate of drug-likeness (QED) is 0.385. The average molecular weight is 481 g/mol. The summed E-state index contributed by atoms with van der Waals surface area (Å²) in [5, 5.41) is 4.58. The van der Waals surface area contributed by atoms with Gasteiger partial charge in [-0.05, 0) is 54.4 Å². The molecule has 3 nitrogen and oxygen atoms in total. The predicted octanol–water partition coefficient (Wildman–Crippen LogP) is 7.26. The molecule has 1 N–H and O–H groups in total. The number of ether oxygens (including phenoxy) is 2. The zero-order valence-electron chi connectivity index (χ0n) is 15.6. The van der Waals surface area contributed by atoms with E-state index in [0.29, 0.717) is 34.7 Å². The maximum atomic E-state index is 6.48. The van der Waals surface area contributed by atoms with Crippen LogP contribution < -0.4 is 14.8 Å². The van der Waals surface area contributed by atoms with Gasteiger partial charge < -0.3 is 14.8 Å². The molecule has 0 saturated carbocycles. The highest BCUT2D eigenvalue weighted by Gasteiger charge is 2.13. The van der Waals surface area contributed by atoms with Crippen LogP contribution in [-0.4, -0.2) is 7.11 Å². The second-order valence-corrected chi connectivity index (χ2v) is 8.03. The van der Waals surface area contributed by atoms with Crippen molar-refractivity contribution in [3.8, 4) is 11.5 Å². The second kappa shape index (κ2) is 9.55. The summed E-state index contributed by atoms with van der Waals surface area (Å²) in [7, 11) is 1.60. The van der Waals surface area contributed by atoms with Gasteiger partial charge in [0.05, 0.1) is 12.1 Å². The lowest BCUT2D eigenvalue weighted by Gasteiger charge is -2.16. The third-order valence-corrected chi connectivity index (χ3v) is 5.43. The number of methoxy groups -OCH3 is 1. The van der Waals surface area contributed by atoms with Crippen molar-refractivity contribution in [2.45, 2.75) is 20.1 Å². The maximum absolute atomic E-state index is 6.48. The molecule has 0 aliphatic carbocycles. The van der Waals surface area contributed by atoms with Gasteiger partial charge in [0.1, 0.15) is 6.61 Å². The Kier molecular flexibility index (Phi) is 7.11. The molecular weight excluding hydrogens is 461 g/mol. The van der Waals surface area contributed by atoms with Crippen molar-refractivity contribution in [3.05, 3.63) is 85.8 Å². The van der Waals surface area contributed by atoms with E-state index in [0.717, 1.165) is 26.9 Å². The number of rotatable bonds is 7. The summed E-state index contributed by atoms with van der Waals surface area (Å²) in [6, 6.07) is 17.5. The molecule has 0 atom stereocenters. The largest absolute Gasteiger partial charge is 0.493 e. The van der Waals surface area contributed by atoms with Crippen LogP contribution in [0.4, 0.5) is 5.69 Å². The van der Waals surface area contributed by atoms with Crippen LogP contribution in [0, 0.1) is 6.92 Å². The summed E-state index contributed by atoms with van der Waals surface area (Å²) in [4.78, 5) is 0. The fourth-order valence-corrected chi connectivity index (χ4v) is 3.76. The lowest BCUT2D eigenvalue weighted by molar-refractivity contribution is 0.284. The van der Waals surface area contributed by atoms with E-state index in [9.17, 15) is 0 Å². The molecule has 0 aromatic heterocycles. The number of halogens is 3. The number of aryl methyl sites for hydroxylation is 1. The monoisotopic (exact) mass is 479 g/mol. The predicted molar refractivity (Wildman–Crippen MR) is 120 cm³/mol. The van der Waals surface area contributed by atoms with Crippen LogP contribution in [0.2, 0.25) is 10.0 Å². The molecule has 3 rings (SSSR count). The molecule has 0 amide bonds. The molecule has 6 heteroatoms. The first kappa shape index (κ1) is 20.8. The summed E-state index contributed by atoms with van der Waals surface area (Å²) < 4.78 is 12.5. The minimum absolute atomic E-state index is 0.311. The van der Waals surface area contributed by atoms with Crippen LogP contribution in [0.25, 0.3) is 0 Å². The smallest absolute Gasteiger partial charge is 0.180 e. The zero-order valence-corrected chi connectivity index (χ0v) is 18.7. The Balaban J connectivity index is 1.74. The van der Waals surface area contributed by atoms with Gasteiger partial charge in [-0.2, -0.15) is 0 Å². The number of hydrogen-bond donors (Lipinski definition) is 1. The molecule has 0 unspecified atom stereocenters. The van der Waals surface area contributed by atoms with Gasteiger partial charge in [0.2, 0.25) is 0 Å². The highest BCUT2D eigenvalue weighted by Crippen LogP contribution is 2.37. The average Bonchev–Trinajstić information content (AvgIpc) is 2.67. The Hall–Kier alpha value is -1.88. The SMILES string of the molecule is COc1cc(CNc2ccc(Br)cc2C)cc(Cl)c1OCc1ccccc1Cl. The normalized spacial score (nSPS) is 10.6. The van der Waals surface area contributed by atoms with Crippen molar-refractivity contribution in [2.24, 2.45) is 0 Å². The van der Waals surface area contributed by atoms with Gasteiger partial charge in [-0.3, -0.25) is 0 Å². The lowest BCUT2D eigenvalue weighted by atomic mass is 10.1. The molecular formula is C22H20BrCl2NO2. The highest BCUT2D eigenvalue weighted by atomic mass is 79.9. The molecule has 3 aromatic rings. The number of benzene rings is 3. The molecule has 0 heterocycles. The van der Waals surface area contributed by atoms with Crippen LogP contribution in [-0.2, 0) is 13.2 Å². The molecule has 0 aliphatic heterocycles. The summed E-state index contributed by atoms with van der Waals surface area (Å²) in [5.74, 6) is 1.09. The molecule has 0 aliphatic rings. The Labute approximate surface area is 183 Å². The zero-order chi connectivity index (χ0) is 20.1. The topological polar surface area (TPSA) is 30.5 Å². The van der Waals surface area contributed by atoms with Gasteiger partial charge in [0.15, 0.2) is 11.5 Å². The molecule has 0 fully saturated rings. The fraction of sp³-hybridized carbons (Fsp3) is 0.182. The maximum Gasteiger partial charge on any atom is 0.180 e. The van der Waals surface area contributed by atoms with E-state index < -0.39 is 0 Å². The minimum Gasteiger partial charge on any atom is -0.493 e. The Morgan fingerprint density at radius 2 is 1.79 bits per heavy atom. The van der Waals surface area contributed by atoms with Crippen molar-refractivity contribution >= 4 is 44.8 Å². The number of nitrogens with one attached hydrogen (secondary N) is 1. The van der Waals surface area contributed by atoms with Crippen LogP contribution in [0.5, 0.6) is 11.5 Å². The van der Waals surface area contributed by atoms with E-state index >= 15 is 0 Å². The molecule has 3 aromatic carbocycles. The molecule has 0 bridgehead atoms. The lowest BCUT2D eigenvalue weighted by Crippen LogP contribution is -2.03. The van der Waals surface area contributed by atoms with Crippen molar-refractivity contribution < 1.29 is 9.47 Å². The van der Waals surface area contributed by atoms with Gasteiger partial charge in [-0.25, -0.2) is 0 Å². The Morgan fingerprint density at radius 1 is 1.00 bits per heavy atom. The first-order valence-electron chi connectivity index (χ1n) is 8.70. The summed E-state index contributed by atoms with van der Waals surface area (Å²) >= 11 is 16.2. The van der Waals surface area contributed by atoms with E-state index in [2.05, 4.69) is 34.2 Å². The first-order chi connectivity index (χ1) is 13.5. The molecule has 28 heavy (non-hydrogen) atoms. The van der Waals surface area contributed by atoms with E-state index in [1.807, 2.05) is 48.5 Å². The van der Waals surface area contributed by atoms with E-state index in [1.165, 1.54) is 0 Å². The van der Waals surface area contributed by atoms with E-state index in [4.69, 9.17) is 32.7 Å². The second-order valence-electron chi connectivity index (χ2n) is 6.30. The van der Waals surface area contributed by atoms with E-state index in [1.54, 1.807) is 7.11 Å². The fourth-order valence-electron chi connectivity index (χ4n) is 2.80. The van der Waals surface area contributed by atoms with Crippen molar-refractivity contribution in [2.75, 3.05) is 12.4 Å². The van der Waals surface area contributed by atoms with Crippen molar-refractivity contribution in [3.63, 3.8) is 0 Å². The third-order valence-electron chi connectivity index (χ3n) is 4.29. The third kappa shape index (κ3) is 5.13. The summed E-state index contributed by atoms with van der Waals surface area (Å²) in [5.41, 5.74) is 4.11. The van der Waals surface area contributed by atoms with Gasteiger partial charge in [0, 0.05) is 27.3 Å². The van der Waals surface area contributed by atoms with Gasteiger partial charge in [0.25, 0.3) is 0 Å². The highest BCUT2D eigenvalue weighted by molar-refractivity contribution is 9.10. The van der Waals surface area contributed by atoms with Crippen LogP contribution in [0.15, 0.2) is 59.1 Å². The van der Waals surface area contributed by atoms with E-state index in [-0.39, 0.29) is 0 Å². The molecule has 0 radical (unpaired) electrons. The first-order valence-corrected chi connectivity index (χ1v) is 10.3. The van der Waals surface area contributed by atoms with Crippen molar-refractivity contribution in [1.29, 1.82) is 0 Å². The number of anilines is 1. The summed E-state index contributed by atoms with van der Waals surface area (Å²) in [6.45, 7) is 2.99. The summed E-state index contributed by atoms with van der Waals surface area (Å²) in [6.07, 6.45) is 0.